The second-order valence-electron chi connectivity index (χ2n) is 7.91. The van der Waals surface area contributed by atoms with E-state index < -0.39 is 12.0 Å². The molecule has 2 aliphatic rings. The predicted octanol–water partition coefficient (Wildman–Crippen LogP) is 2.80. The highest BCUT2D eigenvalue weighted by Gasteiger charge is 2.38. The van der Waals surface area contributed by atoms with E-state index in [1.165, 1.54) is 4.90 Å². The summed E-state index contributed by atoms with van der Waals surface area (Å²) in [4.78, 5) is 43.6. The minimum absolute atomic E-state index is 0.145. The summed E-state index contributed by atoms with van der Waals surface area (Å²) in [6, 6.07) is 6.15. The molecule has 9 heteroatoms. The molecule has 2 aliphatic heterocycles. The highest BCUT2D eigenvalue weighted by atomic mass is 35.5. The Balaban J connectivity index is 1.96. The van der Waals surface area contributed by atoms with Crippen molar-refractivity contribution >= 4 is 29.5 Å². The molecule has 1 fully saturated rings. The van der Waals surface area contributed by atoms with Crippen LogP contribution in [-0.2, 0) is 14.3 Å². The van der Waals surface area contributed by atoms with Crippen molar-refractivity contribution in [1.29, 1.82) is 0 Å². The largest absolute Gasteiger partial charge is 0.463 e. The zero-order valence-electron chi connectivity index (χ0n) is 18.9. The van der Waals surface area contributed by atoms with Crippen LogP contribution in [0.2, 0.25) is 5.02 Å². The lowest BCUT2D eigenvalue weighted by Crippen LogP contribution is -2.49. The summed E-state index contributed by atoms with van der Waals surface area (Å²) < 4.78 is 5.37. The molecular weight excluding hydrogens is 432 g/mol. The Morgan fingerprint density at radius 2 is 1.91 bits per heavy atom. The average Bonchev–Trinajstić information content (AvgIpc) is 3.02. The number of carbonyl (C=O) groups is 3. The first kappa shape index (κ1) is 24.1. The SMILES string of the molecule is CCOC(=O)C1=C(CN2CCCN(C(=O)CC)CC2)N(C)C(=O)NC1c1ccccc1Cl. The first-order valence-electron chi connectivity index (χ1n) is 11.1. The molecule has 0 bridgehead atoms. The first-order chi connectivity index (χ1) is 15.4. The Morgan fingerprint density at radius 3 is 2.59 bits per heavy atom. The molecule has 0 aromatic heterocycles. The molecule has 1 aromatic carbocycles. The van der Waals surface area contributed by atoms with Gasteiger partial charge in [0.25, 0.3) is 0 Å². The van der Waals surface area contributed by atoms with E-state index in [0.717, 1.165) is 13.0 Å². The van der Waals surface area contributed by atoms with Crippen LogP contribution >= 0.6 is 11.6 Å². The monoisotopic (exact) mass is 462 g/mol. The second kappa shape index (κ2) is 10.8. The van der Waals surface area contributed by atoms with E-state index in [4.69, 9.17) is 16.3 Å². The minimum Gasteiger partial charge on any atom is -0.463 e. The number of nitrogens with one attached hydrogen (secondary N) is 1. The van der Waals surface area contributed by atoms with E-state index in [0.29, 0.717) is 54.5 Å². The molecule has 0 radical (unpaired) electrons. The number of ether oxygens (including phenoxy) is 1. The molecule has 3 rings (SSSR count). The molecule has 1 saturated heterocycles. The molecule has 1 unspecified atom stereocenters. The second-order valence-corrected chi connectivity index (χ2v) is 8.32. The van der Waals surface area contributed by atoms with Crippen LogP contribution in [0.15, 0.2) is 35.5 Å². The third-order valence-corrected chi connectivity index (χ3v) is 6.25. The molecule has 0 aliphatic carbocycles. The minimum atomic E-state index is -0.702. The van der Waals surface area contributed by atoms with Crippen molar-refractivity contribution in [3.8, 4) is 0 Å². The van der Waals surface area contributed by atoms with E-state index in [2.05, 4.69) is 10.2 Å². The number of nitrogens with zero attached hydrogens (tertiary/aromatic N) is 3. The highest BCUT2D eigenvalue weighted by molar-refractivity contribution is 6.31. The number of carbonyl (C=O) groups excluding carboxylic acids is 3. The van der Waals surface area contributed by atoms with Crippen LogP contribution in [0, 0.1) is 0 Å². The molecule has 1 N–H and O–H groups in total. The summed E-state index contributed by atoms with van der Waals surface area (Å²) >= 11 is 6.42. The molecule has 32 heavy (non-hydrogen) atoms. The molecule has 174 valence electrons. The van der Waals surface area contributed by atoms with Gasteiger partial charge in [0, 0.05) is 56.9 Å². The van der Waals surface area contributed by atoms with Gasteiger partial charge in [0.2, 0.25) is 5.91 Å². The molecule has 8 nitrogen and oxygen atoms in total. The number of urea groups is 1. The Bertz CT molecular complexity index is 904. The van der Waals surface area contributed by atoms with Crippen LogP contribution in [0.3, 0.4) is 0 Å². The number of esters is 1. The number of amides is 3. The van der Waals surface area contributed by atoms with Crippen LogP contribution in [0.1, 0.15) is 38.3 Å². The Labute approximate surface area is 194 Å². The normalized spacial score (nSPS) is 20.1. The van der Waals surface area contributed by atoms with Crippen molar-refractivity contribution in [1.82, 2.24) is 20.0 Å². The van der Waals surface area contributed by atoms with E-state index in [9.17, 15) is 14.4 Å². The van der Waals surface area contributed by atoms with Gasteiger partial charge in [-0.1, -0.05) is 36.7 Å². The molecular formula is C23H31ClN4O4. The Morgan fingerprint density at radius 1 is 1.16 bits per heavy atom. The van der Waals surface area contributed by atoms with Crippen molar-refractivity contribution in [2.24, 2.45) is 0 Å². The number of hydrogen-bond acceptors (Lipinski definition) is 5. The van der Waals surface area contributed by atoms with Crippen molar-refractivity contribution < 1.29 is 19.1 Å². The van der Waals surface area contributed by atoms with Gasteiger partial charge < -0.3 is 15.0 Å². The van der Waals surface area contributed by atoms with Gasteiger partial charge in [0.05, 0.1) is 18.2 Å². The number of benzene rings is 1. The summed E-state index contributed by atoms with van der Waals surface area (Å²) in [7, 11) is 1.65. The maximum Gasteiger partial charge on any atom is 0.338 e. The highest BCUT2D eigenvalue weighted by Crippen LogP contribution is 2.34. The van der Waals surface area contributed by atoms with Crippen molar-refractivity contribution in [2.45, 2.75) is 32.7 Å². The molecule has 3 amide bonds. The number of halogens is 1. The van der Waals surface area contributed by atoms with Crippen LogP contribution < -0.4 is 5.32 Å². The molecule has 1 aromatic rings. The summed E-state index contributed by atoms with van der Waals surface area (Å²) in [5, 5.41) is 3.36. The predicted molar refractivity (Wildman–Crippen MR) is 122 cm³/mol. The third-order valence-electron chi connectivity index (χ3n) is 5.91. The van der Waals surface area contributed by atoms with Crippen LogP contribution in [0.5, 0.6) is 0 Å². The van der Waals surface area contributed by atoms with Crippen molar-refractivity contribution in [3.63, 3.8) is 0 Å². The Hall–Kier alpha value is -2.58. The van der Waals surface area contributed by atoms with Crippen molar-refractivity contribution in [3.05, 3.63) is 46.1 Å². The van der Waals surface area contributed by atoms with E-state index in [-0.39, 0.29) is 18.5 Å². The molecule has 0 saturated carbocycles. The fraction of sp³-hybridized carbons (Fsp3) is 0.522. The number of likely N-dealkylation sites (N-methyl/N-ethyl adjacent to an activating group) is 1. The summed E-state index contributed by atoms with van der Waals surface area (Å²) in [5.41, 5.74) is 1.62. The van der Waals surface area contributed by atoms with E-state index in [1.54, 1.807) is 32.2 Å². The van der Waals surface area contributed by atoms with Gasteiger partial charge in [-0.2, -0.15) is 0 Å². The topological polar surface area (TPSA) is 82.2 Å². The van der Waals surface area contributed by atoms with E-state index in [1.807, 2.05) is 17.9 Å². The standard InChI is InChI=1S/C23H31ClN4O4/c1-4-19(29)28-12-8-11-27(13-14-28)15-18-20(22(30)32-5-2)21(25-23(31)26(18)3)16-9-6-7-10-17(16)24/h6-7,9-10,21H,4-5,8,11-15H2,1-3H3,(H,25,31). The zero-order chi connectivity index (χ0) is 23.3. The first-order valence-corrected chi connectivity index (χ1v) is 11.4. The Kier molecular flexibility index (Phi) is 8.15. The van der Waals surface area contributed by atoms with Gasteiger partial charge >= 0.3 is 12.0 Å². The maximum atomic E-state index is 13.1. The van der Waals surface area contributed by atoms with Gasteiger partial charge in [-0.05, 0) is 25.0 Å². The van der Waals surface area contributed by atoms with Crippen LogP contribution in [0.4, 0.5) is 4.79 Å². The summed E-state index contributed by atoms with van der Waals surface area (Å²) in [5.74, 6) is -0.330. The van der Waals surface area contributed by atoms with E-state index >= 15 is 0 Å². The summed E-state index contributed by atoms with van der Waals surface area (Å²) in [6.45, 7) is 7.00. The van der Waals surface area contributed by atoms with Gasteiger partial charge in [-0.15, -0.1) is 0 Å². The van der Waals surface area contributed by atoms with Gasteiger partial charge in [-0.25, -0.2) is 9.59 Å². The van der Waals surface area contributed by atoms with Gasteiger partial charge in [-0.3, -0.25) is 14.6 Å². The van der Waals surface area contributed by atoms with Gasteiger partial charge in [0.15, 0.2) is 0 Å². The lowest BCUT2D eigenvalue weighted by atomic mass is 9.94. The van der Waals surface area contributed by atoms with Crippen molar-refractivity contribution in [2.75, 3.05) is 46.4 Å². The fourth-order valence-corrected chi connectivity index (χ4v) is 4.40. The maximum absolute atomic E-state index is 13.1. The van der Waals surface area contributed by atoms with Gasteiger partial charge in [0.1, 0.15) is 0 Å². The average molecular weight is 463 g/mol. The lowest BCUT2D eigenvalue weighted by molar-refractivity contribution is -0.139. The lowest BCUT2D eigenvalue weighted by Gasteiger charge is -2.36. The molecule has 0 spiro atoms. The number of hydrogen-bond donors (Lipinski definition) is 1. The van der Waals surface area contributed by atoms with Crippen LogP contribution in [-0.4, -0.2) is 79.0 Å². The molecule has 1 atom stereocenters. The smallest absolute Gasteiger partial charge is 0.338 e. The zero-order valence-corrected chi connectivity index (χ0v) is 19.7. The quantitative estimate of drug-likeness (QED) is 0.657. The van der Waals surface area contributed by atoms with Crippen LogP contribution in [0.25, 0.3) is 0 Å². The number of rotatable bonds is 6. The summed E-state index contributed by atoms with van der Waals surface area (Å²) in [6.07, 6.45) is 1.32. The molecule has 2 heterocycles. The third kappa shape index (κ3) is 5.24. The fourth-order valence-electron chi connectivity index (χ4n) is 4.15.